The normalized spacial score (nSPS) is 22.4. The van der Waals surface area contributed by atoms with Crippen molar-refractivity contribution in [2.45, 2.75) is 52.2 Å². The molecule has 1 aliphatic heterocycles. The smallest absolute Gasteiger partial charge is 0.124 e. The maximum absolute atomic E-state index is 6.18. The van der Waals surface area contributed by atoms with E-state index in [0.29, 0.717) is 12.5 Å². The van der Waals surface area contributed by atoms with Crippen LogP contribution in [0.4, 0.5) is 0 Å². The molecule has 21 heavy (non-hydrogen) atoms. The Morgan fingerprint density at radius 2 is 2.10 bits per heavy atom. The van der Waals surface area contributed by atoms with Crippen LogP contribution >= 0.6 is 0 Å². The van der Waals surface area contributed by atoms with Crippen molar-refractivity contribution in [3.63, 3.8) is 0 Å². The Morgan fingerprint density at radius 1 is 1.29 bits per heavy atom. The highest BCUT2D eigenvalue weighted by Gasteiger charge is 2.31. The van der Waals surface area contributed by atoms with Crippen LogP contribution in [0.2, 0.25) is 0 Å². The molecule has 3 nitrogen and oxygen atoms in total. The molecule has 0 aliphatic carbocycles. The van der Waals surface area contributed by atoms with Gasteiger partial charge in [-0.3, -0.25) is 0 Å². The first-order valence-corrected chi connectivity index (χ1v) is 8.33. The third-order valence-corrected chi connectivity index (χ3v) is 4.02. The van der Waals surface area contributed by atoms with Crippen LogP contribution in [0.3, 0.4) is 0 Å². The standard InChI is InChI=1S/C18H29NO2/c1-4-8-14(3)12-20-17-13-21-16-10-7-6-9-15(16)18(17)19-11-5-2/h6-7,9-10,14,17-19H,4-5,8,11-13H2,1-3H3. The van der Waals surface area contributed by atoms with E-state index < -0.39 is 0 Å². The van der Waals surface area contributed by atoms with Crippen molar-refractivity contribution in [3.05, 3.63) is 29.8 Å². The van der Waals surface area contributed by atoms with Crippen LogP contribution in [-0.4, -0.2) is 25.9 Å². The van der Waals surface area contributed by atoms with Crippen LogP contribution in [-0.2, 0) is 4.74 Å². The van der Waals surface area contributed by atoms with E-state index >= 15 is 0 Å². The summed E-state index contributed by atoms with van der Waals surface area (Å²) in [5.74, 6) is 1.60. The Kier molecular flexibility index (Phi) is 6.52. The van der Waals surface area contributed by atoms with Crippen molar-refractivity contribution in [2.75, 3.05) is 19.8 Å². The van der Waals surface area contributed by atoms with Crippen LogP contribution in [0.5, 0.6) is 5.75 Å². The maximum atomic E-state index is 6.18. The van der Waals surface area contributed by atoms with Gasteiger partial charge in [-0.2, -0.15) is 0 Å². The molecule has 0 aromatic heterocycles. The summed E-state index contributed by atoms with van der Waals surface area (Å²) in [6.07, 6.45) is 3.66. The first-order valence-electron chi connectivity index (χ1n) is 8.33. The molecular weight excluding hydrogens is 262 g/mol. The summed E-state index contributed by atoms with van der Waals surface area (Å²) >= 11 is 0. The van der Waals surface area contributed by atoms with Gasteiger partial charge < -0.3 is 14.8 Å². The van der Waals surface area contributed by atoms with E-state index in [0.717, 1.165) is 25.3 Å². The molecular formula is C18H29NO2. The monoisotopic (exact) mass is 291 g/mol. The minimum Gasteiger partial charge on any atom is -0.490 e. The highest BCUT2D eigenvalue weighted by atomic mass is 16.5. The van der Waals surface area contributed by atoms with Gasteiger partial charge in [-0.15, -0.1) is 0 Å². The number of hydrogen-bond donors (Lipinski definition) is 1. The Labute approximate surface area is 129 Å². The fraction of sp³-hybridized carbons (Fsp3) is 0.667. The zero-order valence-corrected chi connectivity index (χ0v) is 13.6. The lowest BCUT2D eigenvalue weighted by Gasteiger charge is -2.34. The summed E-state index contributed by atoms with van der Waals surface area (Å²) in [6, 6.07) is 8.54. The molecule has 3 atom stereocenters. The molecule has 0 radical (unpaired) electrons. The lowest BCUT2D eigenvalue weighted by molar-refractivity contribution is -0.0290. The number of hydrogen-bond acceptors (Lipinski definition) is 3. The molecule has 0 saturated heterocycles. The molecule has 0 bridgehead atoms. The Morgan fingerprint density at radius 3 is 2.86 bits per heavy atom. The lowest BCUT2D eigenvalue weighted by atomic mass is 9.97. The molecule has 118 valence electrons. The SMILES string of the molecule is CCCNC1c2ccccc2OCC1OCC(C)CCC. The number of para-hydroxylation sites is 1. The van der Waals surface area contributed by atoms with Crippen molar-refractivity contribution in [1.82, 2.24) is 5.32 Å². The average Bonchev–Trinajstić information content (AvgIpc) is 2.51. The summed E-state index contributed by atoms with van der Waals surface area (Å²) in [7, 11) is 0. The van der Waals surface area contributed by atoms with E-state index in [9.17, 15) is 0 Å². The Bertz CT molecular complexity index is 421. The second-order valence-corrected chi connectivity index (χ2v) is 6.05. The summed E-state index contributed by atoms with van der Waals surface area (Å²) in [4.78, 5) is 0. The third kappa shape index (κ3) is 4.45. The van der Waals surface area contributed by atoms with Crippen LogP contribution < -0.4 is 10.1 Å². The van der Waals surface area contributed by atoms with E-state index in [-0.39, 0.29) is 12.1 Å². The number of fused-ring (bicyclic) bond motifs is 1. The molecule has 0 fully saturated rings. The molecule has 3 unspecified atom stereocenters. The average molecular weight is 291 g/mol. The number of rotatable bonds is 8. The van der Waals surface area contributed by atoms with Crippen molar-refractivity contribution in [1.29, 1.82) is 0 Å². The highest BCUT2D eigenvalue weighted by molar-refractivity contribution is 5.38. The number of benzene rings is 1. The third-order valence-electron chi connectivity index (χ3n) is 4.02. The molecule has 0 spiro atoms. The van der Waals surface area contributed by atoms with E-state index in [1.165, 1.54) is 18.4 Å². The highest BCUT2D eigenvalue weighted by Crippen LogP contribution is 2.33. The van der Waals surface area contributed by atoms with Crippen molar-refractivity contribution < 1.29 is 9.47 Å². The number of ether oxygens (including phenoxy) is 2. The van der Waals surface area contributed by atoms with E-state index in [1.807, 2.05) is 12.1 Å². The second kappa shape index (κ2) is 8.40. The molecule has 3 heteroatoms. The zero-order valence-electron chi connectivity index (χ0n) is 13.6. The van der Waals surface area contributed by atoms with Gasteiger partial charge in [-0.05, 0) is 31.4 Å². The fourth-order valence-corrected chi connectivity index (χ4v) is 2.89. The predicted molar refractivity (Wildman–Crippen MR) is 86.8 cm³/mol. The van der Waals surface area contributed by atoms with Crippen LogP contribution in [0.1, 0.15) is 51.6 Å². The Balaban J connectivity index is 2.02. The lowest BCUT2D eigenvalue weighted by Crippen LogP contribution is -2.42. The zero-order chi connectivity index (χ0) is 15.1. The molecule has 1 aromatic carbocycles. The van der Waals surface area contributed by atoms with Gasteiger partial charge in [0.05, 0.1) is 6.04 Å². The van der Waals surface area contributed by atoms with Gasteiger partial charge in [0.25, 0.3) is 0 Å². The van der Waals surface area contributed by atoms with Gasteiger partial charge in [0.2, 0.25) is 0 Å². The van der Waals surface area contributed by atoms with Gasteiger partial charge in [-0.25, -0.2) is 0 Å². The summed E-state index contributed by atoms with van der Waals surface area (Å²) in [5.41, 5.74) is 1.23. The van der Waals surface area contributed by atoms with Crippen molar-refractivity contribution >= 4 is 0 Å². The van der Waals surface area contributed by atoms with Gasteiger partial charge in [0.1, 0.15) is 18.5 Å². The molecule has 1 N–H and O–H groups in total. The van der Waals surface area contributed by atoms with Crippen LogP contribution in [0.15, 0.2) is 24.3 Å². The molecule has 0 saturated carbocycles. The minimum absolute atomic E-state index is 0.103. The van der Waals surface area contributed by atoms with Crippen LogP contribution in [0, 0.1) is 5.92 Å². The van der Waals surface area contributed by atoms with Gasteiger partial charge in [-0.1, -0.05) is 45.4 Å². The van der Waals surface area contributed by atoms with Crippen molar-refractivity contribution in [3.8, 4) is 5.75 Å². The fourth-order valence-electron chi connectivity index (χ4n) is 2.89. The van der Waals surface area contributed by atoms with E-state index in [2.05, 4.69) is 38.2 Å². The van der Waals surface area contributed by atoms with Gasteiger partial charge in [0, 0.05) is 12.2 Å². The minimum atomic E-state index is 0.103. The predicted octanol–water partition coefficient (Wildman–Crippen LogP) is 3.94. The van der Waals surface area contributed by atoms with Gasteiger partial charge >= 0.3 is 0 Å². The molecule has 1 aromatic rings. The summed E-state index contributed by atoms with van der Waals surface area (Å²) in [5, 5.41) is 3.63. The summed E-state index contributed by atoms with van der Waals surface area (Å²) < 4.78 is 12.0. The molecule has 0 amide bonds. The summed E-state index contributed by atoms with van der Waals surface area (Å²) in [6.45, 7) is 9.13. The van der Waals surface area contributed by atoms with E-state index in [1.54, 1.807) is 0 Å². The molecule has 2 rings (SSSR count). The maximum Gasteiger partial charge on any atom is 0.124 e. The Hall–Kier alpha value is -1.06. The van der Waals surface area contributed by atoms with Gasteiger partial charge in [0.15, 0.2) is 0 Å². The van der Waals surface area contributed by atoms with E-state index in [4.69, 9.17) is 9.47 Å². The first-order chi connectivity index (χ1) is 10.3. The molecule has 1 heterocycles. The van der Waals surface area contributed by atoms with Crippen LogP contribution in [0.25, 0.3) is 0 Å². The number of nitrogens with one attached hydrogen (secondary N) is 1. The quantitative estimate of drug-likeness (QED) is 0.787. The largest absolute Gasteiger partial charge is 0.490 e. The second-order valence-electron chi connectivity index (χ2n) is 6.05. The van der Waals surface area contributed by atoms with Crippen molar-refractivity contribution in [2.24, 2.45) is 5.92 Å². The topological polar surface area (TPSA) is 30.5 Å². The molecule has 1 aliphatic rings. The first kappa shape index (κ1) is 16.3.